The number of esters is 2. The average molecular weight is 638 g/mol. The first-order valence-corrected chi connectivity index (χ1v) is 16.9. The van der Waals surface area contributed by atoms with E-state index in [-0.39, 0.29) is 52.7 Å². The molecule has 0 bridgehead atoms. The van der Waals surface area contributed by atoms with Crippen molar-refractivity contribution in [3.8, 4) is 0 Å². The van der Waals surface area contributed by atoms with Crippen molar-refractivity contribution in [1.29, 1.82) is 0 Å². The van der Waals surface area contributed by atoms with Crippen molar-refractivity contribution in [2.45, 2.75) is 130 Å². The smallest absolute Gasteiger partial charge is 0.303 e. The predicted octanol–water partition coefficient (Wildman–Crippen LogP) is 6.85. The van der Waals surface area contributed by atoms with Crippen LogP contribution in [0.2, 0.25) is 0 Å². The van der Waals surface area contributed by atoms with Gasteiger partial charge in [0, 0.05) is 31.7 Å². The summed E-state index contributed by atoms with van der Waals surface area (Å²) in [4.78, 5) is 29.9. The number of fused-ring (bicyclic) bond motifs is 5. The van der Waals surface area contributed by atoms with E-state index in [1.54, 1.807) is 13.8 Å². The van der Waals surface area contributed by atoms with Crippen LogP contribution in [0.3, 0.4) is 0 Å². The molecule has 0 radical (unpaired) electrons. The Balaban J connectivity index is 0.00000337. The summed E-state index contributed by atoms with van der Waals surface area (Å²) in [6.07, 6.45) is 16.7. The number of likely N-dealkylation sites (N-methyl/N-ethyl adjacent to an activating group) is 1. The Bertz CT molecular complexity index is 957. The number of hydrogen-bond donors (Lipinski definition) is 0. The fourth-order valence-corrected chi connectivity index (χ4v) is 11.8. The first-order chi connectivity index (χ1) is 19.1. The zero-order chi connectivity index (χ0) is 28.2. The van der Waals surface area contributed by atoms with Crippen LogP contribution in [0.1, 0.15) is 111 Å². The minimum absolute atomic E-state index is 0. The number of ether oxygens (including phenoxy) is 2. The maximum absolute atomic E-state index is 12.6. The second-order valence-electron chi connectivity index (χ2n) is 15.5. The van der Waals surface area contributed by atoms with E-state index in [4.69, 9.17) is 9.47 Å². The molecule has 0 aromatic heterocycles. The largest absolute Gasteiger partial charge is 0.462 e. The topological polar surface area (TPSA) is 59.1 Å². The van der Waals surface area contributed by atoms with Crippen LogP contribution >= 0.6 is 17.0 Å². The van der Waals surface area contributed by atoms with Gasteiger partial charge < -0.3 is 9.47 Å². The van der Waals surface area contributed by atoms with Crippen molar-refractivity contribution in [3.63, 3.8) is 0 Å². The second kappa shape index (κ2) is 12.4. The van der Waals surface area contributed by atoms with Crippen molar-refractivity contribution in [1.82, 2.24) is 9.80 Å². The lowest BCUT2D eigenvalue weighted by Crippen LogP contribution is -2.61. The molecule has 6 aliphatic rings. The highest BCUT2D eigenvalue weighted by atomic mass is 79.9. The molecule has 0 spiro atoms. The molecular formula is C34H57BrN2O4. The molecule has 7 heteroatoms. The van der Waals surface area contributed by atoms with Gasteiger partial charge >= 0.3 is 11.9 Å². The van der Waals surface area contributed by atoms with E-state index in [1.165, 1.54) is 70.6 Å². The molecule has 0 aromatic carbocycles. The summed E-state index contributed by atoms with van der Waals surface area (Å²) in [6.45, 7) is 11.4. The number of carbonyl (C=O) groups is 2. The molecule has 4 saturated carbocycles. The molecule has 6 rings (SSSR count). The maximum Gasteiger partial charge on any atom is 0.303 e. The maximum atomic E-state index is 12.6. The standard InChI is InChI=1S/C34H56N2O4.BrH/c1-22(37)39-30-19-24(21-35(5)32(30)36-17-9-6-10-18-36)27-20-29-26-13-12-25-11-7-8-15-33(25,3)28(26)14-16-34(29,4)31(27)40-23(2)38;/h24-32H,6-21H2,1-5H3;1H/t24?,25?,26?,27?,28?,29?,30?,31?,32?,33-,34-;/m0./s1. The normalized spacial score (nSPS) is 46.8. The van der Waals surface area contributed by atoms with Gasteiger partial charge in [0.2, 0.25) is 0 Å². The fraction of sp³-hybridized carbons (Fsp3) is 0.941. The molecule has 2 aliphatic heterocycles. The second-order valence-corrected chi connectivity index (χ2v) is 15.5. The first-order valence-electron chi connectivity index (χ1n) is 16.9. The minimum Gasteiger partial charge on any atom is -0.462 e. The summed E-state index contributed by atoms with van der Waals surface area (Å²) in [5, 5.41) is 0. The molecule has 234 valence electrons. The Morgan fingerprint density at radius 1 is 0.756 bits per heavy atom. The van der Waals surface area contributed by atoms with Crippen LogP contribution < -0.4 is 0 Å². The Morgan fingerprint density at radius 2 is 1.49 bits per heavy atom. The summed E-state index contributed by atoms with van der Waals surface area (Å²) in [5.74, 6) is 3.51. The van der Waals surface area contributed by atoms with Crippen LogP contribution in [-0.2, 0) is 19.1 Å². The summed E-state index contributed by atoms with van der Waals surface area (Å²) >= 11 is 0. The predicted molar refractivity (Wildman–Crippen MR) is 167 cm³/mol. The molecule has 41 heavy (non-hydrogen) atoms. The van der Waals surface area contributed by atoms with Crippen LogP contribution in [-0.4, -0.2) is 66.8 Å². The molecule has 11 atom stereocenters. The van der Waals surface area contributed by atoms with Crippen LogP contribution in [0, 0.1) is 46.3 Å². The Labute approximate surface area is 259 Å². The number of nitrogens with zero attached hydrogens (tertiary/aromatic N) is 2. The number of carbonyl (C=O) groups excluding carboxylic acids is 2. The lowest BCUT2D eigenvalue weighted by atomic mass is 9.45. The number of likely N-dealkylation sites (tertiary alicyclic amines) is 2. The van der Waals surface area contributed by atoms with E-state index in [0.29, 0.717) is 23.2 Å². The van der Waals surface area contributed by atoms with Crippen LogP contribution in [0.25, 0.3) is 0 Å². The summed E-state index contributed by atoms with van der Waals surface area (Å²) < 4.78 is 12.5. The molecule has 2 heterocycles. The Hall–Kier alpha value is -0.660. The number of hydrogen-bond acceptors (Lipinski definition) is 6. The molecule has 0 amide bonds. The van der Waals surface area contributed by atoms with E-state index in [0.717, 1.165) is 50.2 Å². The van der Waals surface area contributed by atoms with E-state index in [9.17, 15) is 9.59 Å². The van der Waals surface area contributed by atoms with Crippen molar-refractivity contribution in [2.75, 3.05) is 26.7 Å². The monoisotopic (exact) mass is 636 g/mol. The lowest BCUT2D eigenvalue weighted by Gasteiger charge is -2.60. The average Bonchev–Trinajstić information content (AvgIpc) is 3.20. The molecule has 6 fully saturated rings. The van der Waals surface area contributed by atoms with E-state index < -0.39 is 0 Å². The minimum atomic E-state index is -0.176. The molecular weight excluding hydrogens is 580 g/mol. The van der Waals surface area contributed by atoms with Crippen molar-refractivity contribution >= 4 is 28.9 Å². The van der Waals surface area contributed by atoms with Gasteiger partial charge in [0.05, 0.1) is 0 Å². The highest BCUT2D eigenvalue weighted by Gasteiger charge is 2.64. The quantitative estimate of drug-likeness (QED) is 0.315. The lowest BCUT2D eigenvalue weighted by molar-refractivity contribution is -0.172. The Kier molecular flexibility index (Phi) is 9.59. The Morgan fingerprint density at radius 3 is 2.20 bits per heavy atom. The molecule has 9 unspecified atom stereocenters. The van der Waals surface area contributed by atoms with Crippen molar-refractivity contribution in [2.24, 2.45) is 46.3 Å². The van der Waals surface area contributed by atoms with Crippen LogP contribution in [0.5, 0.6) is 0 Å². The van der Waals surface area contributed by atoms with Gasteiger partial charge in [-0.15, -0.1) is 17.0 Å². The summed E-state index contributed by atoms with van der Waals surface area (Å²) in [5.41, 5.74) is 0.555. The fourth-order valence-electron chi connectivity index (χ4n) is 11.8. The van der Waals surface area contributed by atoms with Gasteiger partial charge in [0.1, 0.15) is 18.4 Å². The van der Waals surface area contributed by atoms with Gasteiger partial charge in [-0.25, -0.2) is 0 Å². The van der Waals surface area contributed by atoms with E-state index in [2.05, 4.69) is 30.7 Å². The third kappa shape index (κ3) is 5.67. The van der Waals surface area contributed by atoms with Gasteiger partial charge in [-0.2, -0.15) is 0 Å². The zero-order valence-corrected chi connectivity index (χ0v) is 28.2. The van der Waals surface area contributed by atoms with Crippen LogP contribution in [0.4, 0.5) is 0 Å². The highest BCUT2D eigenvalue weighted by molar-refractivity contribution is 8.93. The van der Waals surface area contributed by atoms with Gasteiger partial charge in [0.25, 0.3) is 0 Å². The molecule has 2 saturated heterocycles. The van der Waals surface area contributed by atoms with Crippen LogP contribution in [0.15, 0.2) is 0 Å². The van der Waals surface area contributed by atoms with Gasteiger partial charge in [-0.1, -0.05) is 33.1 Å². The first kappa shape index (κ1) is 31.8. The zero-order valence-electron chi connectivity index (χ0n) is 26.4. The summed E-state index contributed by atoms with van der Waals surface area (Å²) in [6, 6.07) is 0. The third-order valence-corrected chi connectivity index (χ3v) is 13.4. The molecule has 4 aliphatic carbocycles. The number of halogens is 1. The number of piperidine rings is 2. The number of rotatable bonds is 4. The van der Waals surface area contributed by atoms with Gasteiger partial charge in [0.15, 0.2) is 0 Å². The SMILES string of the molecule is Br.CC(=O)OC1CC(C2CC3C4CCC5CCCC[C@]5(C)C4CC[C@]3(C)C2OC(C)=O)CN(C)C1N1CCCCC1. The van der Waals surface area contributed by atoms with Gasteiger partial charge in [-0.3, -0.25) is 19.4 Å². The van der Waals surface area contributed by atoms with Crippen molar-refractivity contribution < 1.29 is 19.1 Å². The molecule has 6 nitrogen and oxygen atoms in total. The molecule has 0 aromatic rings. The highest BCUT2D eigenvalue weighted by Crippen LogP contribution is 2.68. The van der Waals surface area contributed by atoms with Crippen molar-refractivity contribution in [3.05, 3.63) is 0 Å². The van der Waals surface area contributed by atoms with E-state index >= 15 is 0 Å². The third-order valence-electron chi connectivity index (χ3n) is 13.4. The molecule has 0 N–H and O–H groups in total. The summed E-state index contributed by atoms with van der Waals surface area (Å²) in [7, 11) is 2.23. The van der Waals surface area contributed by atoms with Gasteiger partial charge in [-0.05, 0) is 119 Å². The van der Waals surface area contributed by atoms with E-state index in [1.807, 2.05) is 0 Å².